The standard InChI is InChI=1S/C10H18O3/c1-8(9(12)13-4)5-6-10(2,3)7-11/h7-8H,5-6H2,1-4H3/t8-/m0/s1. The van der Waals surface area contributed by atoms with Crippen LogP contribution in [-0.4, -0.2) is 19.4 Å². The average molecular weight is 186 g/mol. The Hall–Kier alpha value is -0.860. The number of carbonyl (C=O) groups excluding carboxylic acids is 2. The minimum absolute atomic E-state index is 0.121. The van der Waals surface area contributed by atoms with E-state index < -0.39 is 0 Å². The van der Waals surface area contributed by atoms with Crippen LogP contribution in [0.25, 0.3) is 0 Å². The van der Waals surface area contributed by atoms with E-state index in [0.717, 1.165) is 6.29 Å². The first kappa shape index (κ1) is 12.1. The van der Waals surface area contributed by atoms with Crippen LogP contribution in [0.1, 0.15) is 33.6 Å². The number of carbonyl (C=O) groups is 2. The summed E-state index contributed by atoms with van der Waals surface area (Å²) in [7, 11) is 1.38. The van der Waals surface area contributed by atoms with Crippen molar-refractivity contribution in [2.45, 2.75) is 33.6 Å². The molecule has 0 aromatic heterocycles. The molecule has 0 saturated carbocycles. The highest BCUT2D eigenvalue weighted by Gasteiger charge is 2.20. The Kier molecular flexibility index (Phi) is 4.67. The number of rotatable bonds is 5. The van der Waals surface area contributed by atoms with Crippen molar-refractivity contribution in [3.05, 3.63) is 0 Å². The second-order valence-electron chi connectivity index (χ2n) is 4.07. The summed E-state index contributed by atoms with van der Waals surface area (Å²) < 4.78 is 4.58. The van der Waals surface area contributed by atoms with Gasteiger partial charge in [0.2, 0.25) is 0 Å². The van der Waals surface area contributed by atoms with E-state index in [1.807, 2.05) is 20.8 Å². The van der Waals surface area contributed by atoms with Gasteiger partial charge in [-0.15, -0.1) is 0 Å². The van der Waals surface area contributed by atoms with Crippen LogP contribution >= 0.6 is 0 Å². The lowest BCUT2D eigenvalue weighted by atomic mass is 9.86. The minimum Gasteiger partial charge on any atom is -0.469 e. The van der Waals surface area contributed by atoms with E-state index in [9.17, 15) is 9.59 Å². The topological polar surface area (TPSA) is 43.4 Å². The summed E-state index contributed by atoms with van der Waals surface area (Å²) in [5, 5.41) is 0. The molecular formula is C10H18O3. The van der Waals surface area contributed by atoms with Crippen molar-refractivity contribution in [3.63, 3.8) is 0 Å². The molecule has 0 unspecified atom stereocenters. The third-order valence-corrected chi connectivity index (χ3v) is 2.14. The zero-order chi connectivity index (χ0) is 10.5. The molecule has 0 heterocycles. The van der Waals surface area contributed by atoms with Gasteiger partial charge in [0.1, 0.15) is 6.29 Å². The predicted molar refractivity (Wildman–Crippen MR) is 50.3 cm³/mol. The fourth-order valence-electron chi connectivity index (χ4n) is 0.966. The van der Waals surface area contributed by atoms with E-state index in [1.165, 1.54) is 7.11 Å². The molecule has 0 radical (unpaired) electrons. The van der Waals surface area contributed by atoms with Crippen LogP contribution in [0.2, 0.25) is 0 Å². The van der Waals surface area contributed by atoms with Gasteiger partial charge in [-0.3, -0.25) is 4.79 Å². The first-order valence-electron chi connectivity index (χ1n) is 4.47. The van der Waals surface area contributed by atoms with Gasteiger partial charge in [0.25, 0.3) is 0 Å². The molecule has 0 rings (SSSR count). The molecule has 0 aliphatic carbocycles. The van der Waals surface area contributed by atoms with Crippen molar-refractivity contribution in [1.29, 1.82) is 0 Å². The summed E-state index contributed by atoms with van der Waals surface area (Å²) in [5.41, 5.74) is -0.331. The molecule has 0 N–H and O–H groups in total. The summed E-state index contributed by atoms with van der Waals surface area (Å²) in [5.74, 6) is -0.328. The molecule has 0 aliphatic rings. The number of esters is 1. The van der Waals surface area contributed by atoms with Gasteiger partial charge in [-0.05, 0) is 12.8 Å². The van der Waals surface area contributed by atoms with Gasteiger partial charge in [0, 0.05) is 5.41 Å². The maximum atomic E-state index is 11.0. The first-order valence-corrected chi connectivity index (χ1v) is 4.47. The van der Waals surface area contributed by atoms with Crippen molar-refractivity contribution >= 4 is 12.3 Å². The summed E-state index contributed by atoms with van der Waals surface area (Å²) in [6.45, 7) is 5.54. The third-order valence-electron chi connectivity index (χ3n) is 2.14. The van der Waals surface area contributed by atoms with Crippen LogP contribution < -0.4 is 0 Å². The summed E-state index contributed by atoms with van der Waals surface area (Å²) in [6.07, 6.45) is 2.34. The monoisotopic (exact) mass is 186 g/mol. The van der Waals surface area contributed by atoms with Crippen molar-refractivity contribution in [3.8, 4) is 0 Å². The molecule has 0 bridgehead atoms. The second kappa shape index (κ2) is 5.00. The molecule has 0 aromatic carbocycles. The molecule has 76 valence electrons. The fraction of sp³-hybridized carbons (Fsp3) is 0.800. The van der Waals surface area contributed by atoms with Crippen LogP contribution in [0, 0.1) is 11.3 Å². The van der Waals surface area contributed by atoms with E-state index in [1.54, 1.807) is 0 Å². The third kappa shape index (κ3) is 4.65. The molecule has 0 saturated heterocycles. The van der Waals surface area contributed by atoms with E-state index in [-0.39, 0.29) is 17.3 Å². The molecule has 0 spiro atoms. The molecule has 0 aromatic rings. The molecule has 3 heteroatoms. The fourth-order valence-corrected chi connectivity index (χ4v) is 0.966. The van der Waals surface area contributed by atoms with Gasteiger partial charge >= 0.3 is 5.97 Å². The summed E-state index contributed by atoms with van der Waals surface area (Å²) >= 11 is 0. The summed E-state index contributed by atoms with van der Waals surface area (Å²) in [6, 6.07) is 0. The number of methoxy groups -OCH3 is 1. The van der Waals surface area contributed by atoms with Crippen molar-refractivity contribution < 1.29 is 14.3 Å². The van der Waals surface area contributed by atoms with Crippen LogP contribution in [0.4, 0.5) is 0 Å². The van der Waals surface area contributed by atoms with Gasteiger partial charge in [-0.1, -0.05) is 20.8 Å². The second-order valence-corrected chi connectivity index (χ2v) is 4.07. The Bertz CT molecular complexity index is 185. The zero-order valence-electron chi connectivity index (χ0n) is 8.79. The van der Waals surface area contributed by atoms with E-state index in [0.29, 0.717) is 12.8 Å². The molecular weight excluding hydrogens is 168 g/mol. The largest absolute Gasteiger partial charge is 0.469 e. The van der Waals surface area contributed by atoms with Gasteiger partial charge in [0.15, 0.2) is 0 Å². The SMILES string of the molecule is COC(=O)[C@@H](C)CCC(C)(C)C=O. The lowest BCUT2D eigenvalue weighted by Crippen LogP contribution is -2.18. The van der Waals surface area contributed by atoms with Crippen molar-refractivity contribution in [1.82, 2.24) is 0 Å². The lowest BCUT2D eigenvalue weighted by molar-refractivity contribution is -0.145. The van der Waals surface area contributed by atoms with Gasteiger partial charge < -0.3 is 9.53 Å². The zero-order valence-corrected chi connectivity index (χ0v) is 8.79. The summed E-state index contributed by atoms with van der Waals surface area (Å²) in [4.78, 5) is 21.6. The highest BCUT2D eigenvalue weighted by molar-refractivity contribution is 5.71. The van der Waals surface area contributed by atoms with Crippen LogP contribution in [0.15, 0.2) is 0 Å². The van der Waals surface area contributed by atoms with E-state index in [4.69, 9.17) is 0 Å². The van der Waals surface area contributed by atoms with Gasteiger partial charge in [-0.2, -0.15) is 0 Å². The van der Waals surface area contributed by atoms with Crippen LogP contribution in [0.5, 0.6) is 0 Å². The van der Waals surface area contributed by atoms with Crippen LogP contribution in [0.3, 0.4) is 0 Å². The van der Waals surface area contributed by atoms with E-state index in [2.05, 4.69) is 4.74 Å². The van der Waals surface area contributed by atoms with Crippen molar-refractivity contribution in [2.75, 3.05) is 7.11 Å². The Morgan fingerprint density at radius 1 is 1.54 bits per heavy atom. The van der Waals surface area contributed by atoms with Crippen LogP contribution in [-0.2, 0) is 14.3 Å². The average Bonchev–Trinajstić information content (AvgIpc) is 2.13. The molecule has 0 fully saturated rings. The van der Waals surface area contributed by atoms with Gasteiger partial charge in [0.05, 0.1) is 13.0 Å². The number of hydrogen-bond donors (Lipinski definition) is 0. The van der Waals surface area contributed by atoms with Gasteiger partial charge in [-0.25, -0.2) is 0 Å². The number of ether oxygens (including phenoxy) is 1. The smallest absolute Gasteiger partial charge is 0.308 e. The highest BCUT2D eigenvalue weighted by atomic mass is 16.5. The van der Waals surface area contributed by atoms with E-state index >= 15 is 0 Å². The Morgan fingerprint density at radius 3 is 2.46 bits per heavy atom. The Balaban J connectivity index is 3.89. The Labute approximate surface area is 79.5 Å². The molecule has 0 amide bonds. The highest BCUT2D eigenvalue weighted by Crippen LogP contribution is 2.22. The Morgan fingerprint density at radius 2 is 2.08 bits per heavy atom. The number of hydrogen-bond acceptors (Lipinski definition) is 3. The maximum absolute atomic E-state index is 11.0. The first-order chi connectivity index (χ1) is 5.93. The quantitative estimate of drug-likeness (QED) is 0.485. The minimum atomic E-state index is -0.331. The molecule has 1 atom stereocenters. The normalized spacial score (nSPS) is 13.5. The molecule has 3 nitrogen and oxygen atoms in total. The maximum Gasteiger partial charge on any atom is 0.308 e. The predicted octanol–water partition coefficient (Wildman–Crippen LogP) is 1.80. The lowest BCUT2D eigenvalue weighted by Gasteiger charge is -2.18. The number of aldehydes is 1. The van der Waals surface area contributed by atoms with Crippen molar-refractivity contribution in [2.24, 2.45) is 11.3 Å². The molecule has 0 aliphatic heterocycles. The molecule has 13 heavy (non-hydrogen) atoms.